The summed E-state index contributed by atoms with van der Waals surface area (Å²) in [4.78, 5) is 41.0. The average Bonchev–Trinajstić information content (AvgIpc) is 2.86. The van der Waals surface area contributed by atoms with E-state index in [1.165, 1.54) is 18.4 Å². The first-order valence-corrected chi connectivity index (χ1v) is 11.2. The van der Waals surface area contributed by atoms with Crippen LogP contribution in [-0.2, 0) is 17.7 Å². The number of carbonyl (C=O) groups is 2. The highest BCUT2D eigenvalue weighted by Crippen LogP contribution is 2.51. The van der Waals surface area contributed by atoms with Crippen molar-refractivity contribution in [1.29, 1.82) is 0 Å². The molecule has 0 saturated carbocycles. The molecule has 4 heterocycles. The molecule has 1 aromatic carbocycles. The normalized spacial score (nSPS) is 25.2. The number of rotatable bonds is 3. The van der Waals surface area contributed by atoms with Gasteiger partial charge in [0, 0.05) is 31.6 Å². The topological polar surface area (TPSA) is 112 Å². The fourth-order valence-electron chi connectivity index (χ4n) is 5.93. The molecule has 34 heavy (non-hydrogen) atoms. The maximum absolute atomic E-state index is 14.2. The number of benzene rings is 1. The van der Waals surface area contributed by atoms with Crippen LogP contribution in [0.1, 0.15) is 70.3 Å². The second-order valence-electron chi connectivity index (χ2n) is 9.83. The van der Waals surface area contributed by atoms with E-state index in [0.717, 1.165) is 25.0 Å². The Bertz CT molecular complexity index is 1300. The summed E-state index contributed by atoms with van der Waals surface area (Å²) in [5, 5.41) is 24.5. The summed E-state index contributed by atoms with van der Waals surface area (Å²) < 4.78 is 30.0. The molecule has 8 nitrogen and oxygen atoms in total. The first kappa shape index (κ1) is 22.5. The zero-order valence-corrected chi connectivity index (χ0v) is 18.9. The largest absolute Gasteiger partial charge is 0.503 e. The second kappa shape index (κ2) is 7.36. The number of pyridine rings is 1. The Hall–Kier alpha value is -3.27. The second-order valence-corrected chi connectivity index (χ2v) is 9.83. The lowest BCUT2D eigenvalue weighted by Crippen LogP contribution is -2.52. The van der Waals surface area contributed by atoms with Crippen LogP contribution in [0.15, 0.2) is 16.9 Å². The van der Waals surface area contributed by atoms with Gasteiger partial charge in [-0.3, -0.25) is 14.4 Å². The van der Waals surface area contributed by atoms with Crippen molar-refractivity contribution < 1.29 is 28.6 Å². The number of carbonyl (C=O) groups excluding carboxylic acids is 2. The van der Waals surface area contributed by atoms with Gasteiger partial charge in [0.1, 0.15) is 22.8 Å². The smallest absolute Gasteiger partial charge is 0.274 e. The molecule has 180 valence electrons. The fraction of sp³-hybridized carbons (Fsp3) is 0.458. The van der Waals surface area contributed by atoms with E-state index >= 15 is 0 Å². The lowest BCUT2D eigenvalue weighted by atomic mass is 9.84. The van der Waals surface area contributed by atoms with Crippen molar-refractivity contribution in [3.8, 4) is 5.75 Å². The molecule has 3 N–H and O–H groups in total. The quantitative estimate of drug-likeness (QED) is 0.632. The minimum Gasteiger partial charge on any atom is -0.503 e. The van der Waals surface area contributed by atoms with E-state index in [0.29, 0.717) is 25.1 Å². The third kappa shape index (κ3) is 3.08. The summed E-state index contributed by atoms with van der Waals surface area (Å²) in [6, 6.07) is 2.25. The van der Waals surface area contributed by atoms with Gasteiger partial charge in [-0.1, -0.05) is 0 Å². The minimum atomic E-state index is -1.64. The van der Waals surface area contributed by atoms with E-state index in [-0.39, 0.29) is 23.4 Å². The molecule has 2 aromatic rings. The molecule has 3 aliphatic heterocycles. The first-order valence-electron chi connectivity index (χ1n) is 11.2. The van der Waals surface area contributed by atoms with Gasteiger partial charge in [0.25, 0.3) is 11.8 Å². The summed E-state index contributed by atoms with van der Waals surface area (Å²) in [5.41, 5.74) is -4.32. The standard InChI is InChI=1S/C24H25F2N3O5/c1-12-7-14(25)13(15(26)8-12)9-27-21(32)16-18(30)19(31)17-22(33)28-6-4-3-5-24(11-28)10-23(2,34)20(16)29(17)24/h7-8,31,34H,3-6,9-11H2,1-2H3,(H,27,32)/t23-,24-/m1/s1. The predicted molar refractivity (Wildman–Crippen MR) is 117 cm³/mol. The number of aryl methyl sites for hydroxylation is 1. The number of amides is 2. The van der Waals surface area contributed by atoms with Gasteiger partial charge >= 0.3 is 0 Å². The van der Waals surface area contributed by atoms with Gasteiger partial charge in [-0.15, -0.1) is 0 Å². The fourth-order valence-corrected chi connectivity index (χ4v) is 5.93. The molecule has 0 aliphatic carbocycles. The van der Waals surface area contributed by atoms with E-state index in [1.807, 2.05) is 0 Å². The molecule has 1 fully saturated rings. The molecule has 5 rings (SSSR count). The van der Waals surface area contributed by atoms with Gasteiger partial charge in [-0.05, 0) is 50.8 Å². The predicted octanol–water partition coefficient (Wildman–Crippen LogP) is 2.02. The van der Waals surface area contributed by atoms with Crippen molar-refractivity contribution in [2.24, 2.45) is 0 Å². The van der Waals surface area contributed by atoms with Gasteiger partial charge < -0.3 is 25.0 Å². The van der Waals surface area contributed by atoms with Crippen LogP contribution < -0.4 is 10.7 Å². The van der Waals surface area contributed by atoms with Crippen molar-refractivity contribution >= 4 is 11.8 Å². The van der Waals surface area contributed by atoms with Crippen LogP contribution in [0.25, 0.3) is 0 Å². The van der Waals surface area contributed by atoms with Crippen LogP contribution >= 0.6 is 0 Å². The minimum absolute atomic E-state index is 0.0532. The summed E-state index contributed by atoms with van der Waals surface area (Å²) in [7, 11) is 0. The van der Waals surface area contributed by atoms with Gasteiger partial charge in [-0.2, -0.15) is 0 Å². The van der Waals surface area contributed by atoms with E-state index in [9.17, 15) is 33.4 Å². The number of aliphatic hydroxyl groups is 1. The van der Waals surface area contributed by atoms with Crippen LogP contribution in [-0.4, -0.2) is 44.6 Å². The van der Waals surface area contributed by atoms with Gasteiger partial charge in [-0.25, -0.2) is 8.78 Å². The number of nitrogens with one attached hydrogen (secondary N) is 1. The maximum Gasteiger partial charge on any atom is 0.274 e. The Kier molecular flexibility index (Phi) is 4.88. The molecule has 0 unspecified atom stereocenters. The molecular weight excluding hydrogens is 448 g/mol. The van der Waals surface area contributed by atoms with E-state index in [4.69, 9.17) is 0 Å². The number of aromatic nitrogens is 1. The maximum atomic E-state index is 14.2. The summed E-state index contributed by atoms with van der Waals surface area (Å²) in [5.74, 6) is -4.07. The van der Waals surface area contributed by atoms with Crippen LogP contribution in [0.3, 0.4) is 0 Å². The number of hydrogen-bond acceptors (Lipinski definition) is 5. The Labute approximate surface area is 193 Å². The SMILES string of the molecule is Cc1cc(F)c(CNC(=O)c2c3n4c(c(O)c2=O)C(=O)N2CCCC[C@]4(C2)C[C@@]3(C)O)c(F)c1. The third-order valence-electron chi connectivity index (χ3n) is 7.24. The Morgan fingerprint density at radius 1 is 1.21 bits per heavy atom. The van der Waals surface area contributed by atoms with Crippen molar-refractivity contribution in [2.75, 3.05) is 13.1 Å². The molecule has 2 amide bonds. The lowest BCUT2D eigenvalue weighted by Gasteiger charge is -2.41. The van der Waals surface area contributed by atoms with Crippen molar-refractivity contribution in [3.05, 3.63) is 62.1 Å². The zero-order chi connectivity index (χ0) is 24.6. The molecular formula is C24H25F2N3O5. The lowest BCUT2D eigenvalue weighted by molar-refractivity contribution is 0.0254. The monoisotopic (exact) mass is 473 g/mol. The van der Waals surface area contributed by atoms with Gasteiger partial charge in [0.2, 0.25) is 5.43 Å². The number of hydrogen-bond donors (Lipinski definition) is 3. The molecule has 2 atom stereocenters. The number of fused-ring (bicyclic) bond motifs is 1. The van der Waals surface area contributed by atoms with Crippen LogP contribution in [0.5, 0.6) is 5.75 Å². The zero-order valence-electron chi connectivity index (χ0n) is 18.9. The van der Waals surface area contributed by atoms with Crippen LogP contribution in [0.4, 0.5) is 8.78 Å². The number of halogens is 2. The summed E-state index contributed by atoms with van der Waals surface area (Å²) >= 11 is 0. The molecule has 1 spiro atoms. The summed E-state index contributed by atoms with van der Waals surface area (Å²) in [6.07, 6.45) is 2.25. The highest BCUT2D eigenvalue weighted by molar-refractivity contribution is 6.01. The van der Waals surface area contributed by atoms with E-state index in [1.54, 1.807) is 4.90 Å². The van der Waals surface area contributed by atoms with Crippen molar-refractivity contribution in [3.63, 3.8) is 0 Å². The van der Waals surface area contributed by atoms with Crippen molar-refractivity contribution in [1.82, 2.24) is 14.8 Å². The molecule has 2 bridgehead atoms. The third-order valence-corrected chi connectivity index (χ3v) is 7.24. The van der Waals surface area contributed by atoms with Crippen LogP contribution in [0.2, 0.25) is 0 Å². The molecule has 0 radical (unpaired) electrons. The average molecular weight is 473 g/mol. The molecule has 1 aromatic heterocycles. The number of nitrogens with zero attached hydrogens (tertiary/aromatic N) is 2. The van der Waals surface area contributed by atoms with E-state index < -0.39 is 57.9 Å². The van der Waals surface area contributed by atoms with E-state index in [2.05, 4.69) is 5.32 Å². The Balaban J connectivity index is 1.64. The van der Waals surface area contributed by atoms with Gasteiger partial charge in [0.05, 0.1) is 11.2 Å². The first-order chi connectivity index (χ1) is 16.0. The number of aromatic hydroxyl groups is 1. The Morgan fingerprint density at radius 2 is 1.88 bits per heavy atom. The Morgan fingerprint density at radius 3 is 2.56 bits per heavy atom. The summed E-state index contributed by atoms with van der Waals surface area (Å²) in [6.45, 7) is 3.22. The molecule has 1 saturated heterocycles. The van der Waals surface area contributed by atoms with Crippen molar-refractivity contribution in [2.45, 2.75) is 57.2 Å². The highest BCUT2D eigenvalue weighted by Gasteiger charge is 2.57. The van der Waals surface area contributed by atoms with Gasteiger partial charge in [0.15, 0.2) is 11.4 Å². The molecule has 10 heteroatoms. The molecule has 3 aliphatic rings. The van der Waals surface area contributed by atoms with Crippen LogP contribution in [0, 0.1) is 18.6 Å². The highest BCUT2D eigenvalue weighted by atomic mass is 19.1.